The van der Waals surface area contributed by atoms with Crippen LogP contribution in [0.4, 0.5) is 19.0 Å². The zero-order chi connectivity index (χ0) is 12.5. The Hall–Kier alpha value is -1.53. The fourth-order valence-electron chi connectivity index (χ4n) is 1.97. The Morgan fingerprint density at radius 1 is 1.35 bits per heavy atom. The van der Waals surface area contributed by atoms with E-state index >= 15 is 0 Å². The second-order valence-corrected chi connectivity index (χ2v) is 4.07. The summed E-state index contributed by atoms with van der Waals surface area (Å²) in [5.74, 6) is -0.796. The van der Waals surface area contributed by atoms with Crippen molar-refractivity contribution in [2.24, 2.45) is 5.92 Å². The van der Waals surface area contributed by atoms with Gasteiger partial charge in [0.2, 0.25) is 0 Å². The van der Waals surface area contributed by atoms with Gasteiger partial charge in [-0.05, 0) is 12.8 Å². The molecule has 0 aromatic carbocycles. The molecule has 1 aromatic rings. The second-order valence-electron chi connectivity index (χ2n) is 4.07. The van der Waals surface area contributed by atoms with E-state index < -0.39 is 12.1 Å². The zero-order valence-corrected chi connectivity index (χ0v) is 9.00. The van der Waals surface area contributed by atoms with Gasteiger partial charge in [0, 0.05) is 19.2 Å². The van der Waals surface area contributed by atoms with Crippen molar-refractivity contribution in [1.82, 2.24) is 9.97 Å². The summed E-state index contributed by atoms with van der Waals surface area (Å²) in [5, 5.41) is 0. The van der Waals surface area contributed by atoms with Crippen LogP contribution in [0.15, 0.2) is 17.2 Å². The van der Waals surface area contributed by atoms with E-state index in [-0.39, 0.29) is 31.5 Å². The number of aromatic nitrogens is 2. The molecule has 0 bridgehead atoms. The maximum absolute atomic E-state index is 12.4. The average molecular weight is 247 g/mol. The van der Waals surface area contributed by atoms with Gasteiger partial charge < -0.3 is 9.88 Å². The van der Waals surface area contributed by atoms with E-state index in [1.165, 1.54) is 12.4 Å². The average Bonchev–Trinajstić information content (AvgIpc) is 2.28. The van der Waals surface area contributed by atoms with Gasteiger partial charge in [-0.15, -0.1) is 0 Å². The fourth-order valence-corrected chi connectivity index (χ4v) is 1.97. The van der Waals surface area contributed by atoms with Gasteiger partial charge in [-0.1, -0.05) is 0 Å². The summed E-state index contributed by atoms with van der Waals surface area (Å²) in [6, 6.07) is 1.30. The van der Waals surface area contributed by atoms with Crippen molar-refractivity contribution >= 4 is 5.82 Å². The third kappa shape index (κ3) is 2.78. The Bertz CT molecular complexity index is 435. The Balaban J connectivity index is 2.02. The van der Waals surface area contributed by atoms with Crippen molar-refractivity contribution in [3.8, 4) is 0 Å². The Morgan fingerprint density at radius 3 is 2.53 bits per heavy atom. The molecule has 0 unspecified atom stereocenters. The zero-order valence-electron chi connectivity index (χ0n) is 9.00. The summed E-state index contributed by atoms with van der Waals surface area (Å²) < 4.78 is 37.3. The van der Waals surface area contributed by atoms with Crippen LogP contribution in [0.25, 0.3) is 0 Å². The molecule has 1 aromatic heterocycles. The largest absolute Gasteiger partial charge is 0.391 e. The van der Waals surface area contributed by atoms with Crippen LogP contribution in [0.5, 0.6) is 0 Å². The molecule has 0 spiro atoms. The van der Waals surface area contributed by atoms with E-state index in [2.05, 4.69) is 9.97 Å². The number of nitrogens with one attached hydrogen (secondary N) is 1. The number of hydrogen-bond donors (Lipinski definition) is 1. The predicted octanol–water partition coefficient (Wildman–Crippen LogP) is 1.55. The molecule has 1 aliphatic rings. The fraction of sp³-hybridized carbons (Fsp3) is 0.600. The van der Waals surface area contributed by atoms with Crippen molar-refractivity contribution in [2.75, 3.05) is 18.0 Å². The number of halogens is 3. The molecule has 17 heavy (non-hydrogen) atoms. The van der Waals surface area contributed by atoms with Crippen LogP contribution in [0, 0.1) is 5.92 Å². The Labute approximate surface area is 95.5 Å². The summed E-state index contributed by atoms with van der Waals surface area (Å²) in [5.41, 5.74) is -0.298. The number of hydrogen-bond acceptors (Lipinski definition) is 3. The number of nitrogens with zero attached hydrogens (tertiary/aromatic N) is 2. The van der Waals surface area contributed by atoms with Gasteiger partial charge >= 0.3 is 6.18 Å². The quantitative estimate of drug-likeness (QED) is 0.819. The molecule has 0 saturated carbocycles. The van der Waals surface area contributed by atoms with Crippen LogP contribution in [-0.2, 0) is 0 Å². The van der Waals surface area contributed by atoms with Gasteiger partial charge in [-0.3, -0.25) is 4.79 Å². The van der Waals surface area contributed by atoms with Crippen LogP contribution in [-0.4, -0.2) is 29.2 Å². The third-order valence-corrected chi connectivity index (χ3v) is 2.95. The lowest BCUT2D eigenvalue weighted by atomic mass is 9.96. The maximum Gasteiger partial charge on any atom is 0.391 e. The molecule has 94 valence electrons. The Morgan fingerprint density at radius 2 is 2.00 bits per heavy atom. The molecule has 2 rings (SSSR count). The molecule has 0 radical (unpaired) electrons. The molecule has 0 amide bonds. The third-order valence-electron chi connectivity index (χ3n) is 2.95. The van der Waals surface area contributed by atoms with Gasteiger partial charge in [0.25, 0.3) is 5.56 Å². The molecule has 2 heterocycles. The number of alkyl halides is 3. The van der Waals surface area contributed by atoms with Gasteiger partial charge in [0.1, 0.15) is 5.82 Å². The number of anilines is 1. The molecule has 7 heteroatoms. The minimum atomic E-state index is -4.12. The highest BCUT2D eigenvalue weighted by atomic mass is 19.4. The first-order chi connectivity index (χ1) is 7.97. The van der Waals surface area contributed by atoms with Gasteiger partial charge in [0.05, 0.1) is 12.2 Å². The standard InChI is InChI=1S/C10H12F3N3O/c11-10(12,13)7-1-3-16(4-2-7)8-5-9(17)15-6-14-8/h5-7H,1-4H2,(H,14,15,17). The minimum absolute atomic E-state index is 0.0536. The molecule has 0 atom stereocenters. The van der Waals surface area contributed by atoms with Crippen LogP contribution >= 0.6 is 0 Å². The summed E-state index contributed by atoms with van der Waals surface area (Å²) in [6.07, 6.45) is -2.75. The van der Waals surface area contributed by atoms with E-state index in [9.17, 15) is 18.0 Å². The first kappa shape index (κ1) is 11.9. The molecular weight excluding hydrogens is 235 g/mol. The van der Waals surface area contributed by atoms with Gasteiger partial charge in [-0.2, -0.15) is 13.2 Å². The lowest BCUT2D eigenvalue weighted by Gasteiger charge is -2.33. The molecule has 0 aliphatic carbocycles. The number of rotatable bonds is 1. The van der Waals surface area contributed by atoms with Crippen molar-refractivity contribution < 1.29 is 13.2 Å². The molecule has 1 aliphatic heterocycles. The molecule has 1 fully saturated rings. The first-order valence-corrected chi connectivity index (χ1v) is 5.33. The van der Waals surface area contributed by atoms with Crippen molar-refractivity contribution in [3.05, 3.63) is 22.7 Å². The second kappa shape index (κ2) is 4.38. The topological polar surface area (TPSA) is 49.0 Å². The lowest BCUT2D eigenvalue weighted by Crippen LogP contribution is -2.39. The maximum atomic E-state index is 12.4. The Kier molecular flexibility index (Phi) is 3.08. The van der Waals surface area contributed by atoms with E-state index in [4.69, 9.17) is 0 Å². The SMILES string of the molecule is O=c1cc(N2CCC(C(F)(F)F)CC2)nc[nH]1. The van der Waals surface area contributed by atoms with Crippen molar-refractivity contribution in [1.29, 1.82) is 0 Å². The number of aromatic amines is 1. The summed E-state index contributed by atoms with van der Waals surface area (Å²) in [7, 11) is 0. The minimum Gasteiger partial charge on any atom is -0.356 e. The molecule has 1 saturated heterocycles. The normalized spacial score (nSPS) is 18.4. The molecule has 1 N–H and O–H groups in total. The summed E-state index contributed by atoms with van der Waals surface area (Å²) in [4.78, 5) is 19.1. The van der Waals surface area contributed by atoms with Gasteiger partial charge in [0.15, 0.2) is 0 Å². The first-order valence-electron chi connectivity index (χ1n) is 5.33. The van der Waals surface area contributed by atoms with Crippen molar-refractivity contribution in [2.45, 2.75) is 19.0 Å². The smallest absolute Gasteiger partial charge is 0.356 e. The summed E-state index contributed by atoms with van der Waals surface area (Å²) >= 11 is 0. The van der Waals surface area contributed by atoms with E-state index in [0.717, 1.165) is 0 Å². The highest BCUT2D eigenvalue weighted by molar-refractivity contribution is 5.36. The van der Waals surface area contributed by atoms with Crippen LogP contribution in [0.3, 0.4) is 0 Å². The van der Waals surface area contributed by atoms with E-state index in [1.54, 1.807) is 4.90 Å². The lowest BCUT2D eigenvalue weighted by molar-refractivity contribution is -0.179. The van der Waals surface area contributed by atoms with Crippen LogP contribution in [0.2, 0.25) is 0 Å². The highest BCUT2D eigenvalue weighted by Crippen LogP contribution is 2.34. The monoisotopic (exact) mass is 247 g/mol. The van der Waals surface area contributed by atoms with Crippen molar-refractivity contribution in [3.63, 3.8) is 0 Å². The van der Waals surface area contributed by atoms with Gasteiger partial charge in [-0.25, -0.2) is 4.98 Å². The predicted molar refractivity (Wildman–Crippen MR) is 55.8 cm³/mol. The van der Waals surface area contributed by atoms with Crippen LogP contribution < -0.4 is 10.5 Å². The number of piperidine rings is 1. The van der Waals surface area contributed by atoms with E-state index in [1.807, 2.05) is 0 Å². The highest BCUT2D eigenvalue weighted by Gasteiger charge is 2.41. The molecule has 4 nitrogen and oxygen atoms in total. The van der Waals surface area contributed by atoms with E-state index in [0.29, 0.717) is 5.82 Å². The van der Waals surface area contributed by atoms with Crippen LogP contribution in [0.1, 0.15) is 12.8 Å². The molecular formula is C10H12F3N3O. The number of H-pyrrole nitrogens is 1. The summed E-state index contributed by atoms with van der Waals surface area (Å²) in [6.45, 7) is 0.557.